The summed E-state index contributed by atoms with van der Waals surface area (Å²) < 4.78 is 0. The highest BCUT2D eigenvalue weighted by Gasteiger charge is 2.30. The van der Waals surface area contributed by atoms with Crippen molar-refractivity contribution in [2.75, 3.05) is 20.1 Å². The molecule has 0 spiro atoms. The molecule has 18 heavy (non-hydrogen) atoms. The van der Waals surface area contributed by atoms with Crippen LogP contribution < -0.4 is 0 Å². The van der Waals surface area contributed by atoms with Gasteiger partial charge in [0.05, 0.1) is 18.4 Å². The lowest BCUT2D eigenvalue weighted by Crippen LogP contribution is -2.49. The normalized spacial score (nSPS) is 20.9. The summed E-state index contributed by atoms with van der Waals surface area (Å²) in [6.07, 6.45) is 1.61. The average molecular weight is 253 g/mol. The largest absolute Gasteiger partial charge is 0.481 e. The molecule has 1 heterocycles. The standard InChI is InChI=1S/C12H19N3O3/c1-9(5-6-13)14(2)12(18)15-7-3-4-10(8-15)11(16)17/h9-10H,3-5,7-8H2,1-2H3,(H,16,17)/t9?,10-/m1/s1. The highest BCUT2D eigenvalue weighted by molar-refractivity contribution is 5.76. The van der Waals surface area contributed by atoms with Crippen LogP contribution in [0.15, 0.2) is 0 Å². The van der Waals surface area contributed by atoms with Gasteiger partial charge in [-0.2, -0.15) is 5.26 Å². The second-order valence-corrected chi connectivity index (χ2v) is 4.73. The number of hydrogen-bond acceptors (Lipinski definition) is 3. The van der Waals surface area contributed by atoms with Crippen LogP contribution in [-0.4, -0.2) is 53.1 Å². The van der Waals surface area contributed by atoms with Crippen LogP contribution >= 0.6 is 0 Å². The van der Waals surface area contributed by atoms with Gasteiger partial charge in [0, 0.05) is 26.2 Å². The van der Waals surface area contributed by atoms with Crippen LogP contribution in [0.4, 0.5) is 4.79 Å². The number of urea groups is 1. The van der Waals surface area contributed by atoms with E-state index in [1.165, 1.54) is 4.90 Å². The maximum atomic E-state index is 12.1. The molecule has 1 unspecified atom stereocenters. The zero-order chi connectivity index (χ0) is 13.7. The van der Waals surface area contributed by atoms with Gasteiger partial charge in [-0.15, -0.1) is 0 Å². The molecule has 1 rings (SSSR count). The molecule has 1 aliphatic rings. The number of hydrogen-bond donors (Lipinski definition) is 1. The third-order valence-electron chi connectivity index (χ3n) is 3.39. The van der Waals surface area contributed by atoms with Crippen LogP contribution in [0, 0.1) is 17.2 Å². The number of carboxylic acid groups (broad SMARTS) is 1. The summed E-state index contributed by atoms with van der Waals surface area (Å²) >= 11 is 0. The predicted octanol–water partition coefficient (Wildman–Crippen LogP) is 1.14. The Kier molecular flexibility index (Phi) is 4.95. The molecule has 1 aliphatic heterocycles. The van der Waals surface area contributed by atoms with E-state index in [2.05, 4.69) is 0 Å². The monoisotopic (exact) mass is 253 g/mol. The summed E-state index contributed by atoms with van der Waals surface area (Å²) in [6.45, 7) is 2.66. The fraction of sp³-hybridized carbons (Fsp3) is 0.750. The minimum absolute atomic E-state index is 0.160. The van der Waals surface area contributed by atoms with Gasteiger partial charge >= 0.3 is 12.0 Å². The third-order valence-corrected chi connectivity index (χ3v) is 3.39. The highest BCUT2D eigenvalue weighted by atomic mass is 16.4. The van der Waals surface area contributed by atoms with Gasteiger partial charge in [0.15, 0.2) is 0 Å². The summed E-state index contributed by atoms with van der Waals surface area (Å²) in [7, 11) is 1.65. The van der Waals surface area contributed by atoms with E-state index < -0.39 is 11.9 Å². The van der Waals surface area contributed by atoms with Crippen molar-refractivity contribution in [3.63, 3.8) is 0 Å². The Balaban J connectivity index is 2.61. The van der Waals surface area contributed by atoms with E-state index in [-0.39, 0.29) is 25.0 Å². The number of carbonyl (C=O) groups is 2. The van der Waals surface area contributed by atoms with Crippen molar-refractivity contribution in [3.8, 4) is 6.07 Å². The molecule has 0 radical (unpaired) electrons. The van der Waals surface area contributed by atoms with Crippen LogP contribution in [0.2, 0.25) is 0 Å². The number of carbonyl (C=O) groups excluding carboxylic acids is 1. The number of piperidine rings is 1. The molecule has 6 nitrogen and oxygen atoms in total. The number of amides is 2. The van der Waals surface area contributed by atoms with E-state index in [1.807, 2.05) is 6.07 Å². The third kappa shape index (κ3) is 3.36. The Labute approximate surface area is 107 Å². The SMILES string of the molecule is CC(CC#N)N(C)C(=O)N1CCC[C@@H](C(=O)O)C1. The van der Waals surface area contributed by atoms with Gasteiger partial charge < -0.3 is 14.9 Å². The summed E-state index contributed by atoms with van der Waals surface area (Å²) in [5, 5.41) is 17.6. The molecule has 0 aromatic carbocycles. The van der Waals surface area contributed by atoms with Gasteiger partial charge in [-0.1, -0.05) is 0 Å². The highest BCUT2D eigenvalue weighted by Crippen LogP contribution is 2.18. The van der Waals surface area contributed by atoms with Crippen molar-refractivity contribution in [2.24, 2.45) is 5.92 Å². The van der Waals surface area contributed by atoms with Gasteiger partial charge in [-0.3, -0.25) is 4.79 Å². The van der Waals surface area contributed by atoms with Crippen LogP contribution in [-0.2, 0) is 4.79 Å². The molecule has 0 aromatic rings. The molecule has 0 saturated carbocycles. The Hall–Kier alpha value is -1.77. The van der Waals surface area contributed by atoms with Gasteiger partial charge in [-0.25, -0.2) is 4.79 Å². The number of nitriles is 1. The Morgan fingerprint density at radius 3 is 2.83 bits per heavy atom. The number of likely N-dealkylation sites (tertiary alicyclic amines) is 1. The number of nitrogens with zero attached hydrogens (tertiary/aromatic N) is 3. The van der Waals surface area contributed by atoms with E-state index >= 15 is 0 Å². The average Bonchev–Trinajstić information content (AvgIpc) is 2.37. The first-order valence-corrected chi connectivity index (χ1v) is 6.08. The van der Waals surface area contributed by atoms with Crippen LogP contribution in [0.3, 0.4) is 0 Å². The molecular weight excluding hydrogens is 234 g/mol. The van der Waals surface area contributed by atoms with Crippen molar-refractivity contribution in [1.82, 2.24) is 9.80 Å². The second kappa shape index (κ2) is 6.24. The van der Waals surface area contributed by atoms with E-state index in [4.69, 9.17) is 10.4 Å². The van der Waals surface area contributed by atoms with Crippen molar-refractivity contribution in [2.45, 2.75) is 32.2 Å². The van der Waals surface area contributed by atoms with Crippen molar-refractivity contribution < 1.29 is 14.7 Å². The summed E-state index contributed by atoms with van der Waals surface area (Å²) in [5.41, 5.74) is 0. The summed E-state index contributed by atoms with van der Waals surface area (Å²) in [6, 6.07) is 1.68. The molecule has 6 heteroatoms. The lowest BCUT2D eigenvalue weighted by Gasteiger charge is -2.35. The zero-order valence-corrected chi connectivity index (χ0v) is 10.8. The van der Waals surface area contributed by atoms with Gasteiger partial charge in [0.25, 0.3) is 0 Å². The first-order chi connectivity index (χ1) is 8.47. The summed E-state index contributed by atoms with van der Waals surface area (Å²) in [5.74, 6) is -1.32. The Morgan fingerprint density at radius 1 is 1.61 bits per heavy atom. The van der Waals surface area contributed by atoms with Crippen molar-refractivity contribution in [3.05, 3.63) is 0 Å². The number of rotatable bonds is 3. The fourth-order valence-electron chi connectivity index (χ4n) is 2.03. The zero-order valence-electron chi connectivity index (χ0n) is 10.8. The molecule has 2 atom stereocenters. The molecule has 0 bridgehead atoms. The molecule has 100 valence electrons. The molecule has 2 amide bonds. The summed E-state index contributed by atoms with van der Waals surface area (Å²) in [4.78, 5) is 26.1. The van der Waals surface area contributed by atoms with E-state index in [0.717, 1.165) is 0 Å². The second-order valence-electron chi connectivity index (χ2n) is 4.73. The topological polar surface area (TPSA) is 84.6 Å². The maximum Gasteiger partial charge on any atom is 0.320 e. The smallest absolute Gasteiger partial charge is 0.320 e. The lowest BCUT2D eigenvalue weighted by molar-refractivity contribution is -0.143. The minimum atomic E-state index is -0.847. The quantitative estimate of drug-likeness (QED) is 0.817. The first kappa shape index (κ1) is 14.3. The van der Waals surface area contributed by atoms with Crippen LogP contribution in [0.25, 0.3) is 0 Å². The molecule has 1 N–H and O–H groups in total. The van der Waals surface area contributed by atoms with Gasteiger partial charge in [0.1, 0.15) is 0 Å². The molecule has 1 saturated heterocycles. The lowest BCUT2D eigenvalue weighted by atomic mass is 9.98. The van der Waals surface area contributed by atoms with Gasteiger partial charge in [-0.05, 0) is 19.8 Å². The Bertz CT molecular complexity index is 364. The predicted molar refractivity (Wildman–Crippen MR) is 64.8 cm³/mol. The maximum absolute atomic E-state index is 12.1. The van der Waals surface area contributed by atoms with E-state index in [0.29, 0.717) is 19.4 Å². The molecular formula is C12H19N3O3. The molecule has 0 aliphatic carbocycles. The van der Waals surface area contributed by atoms with Crippen molar-refractivity contribution in [1.29, 1.82) is 5.26 Å². The van der Waals surface area contributed by atoms with Crippen molar-refractivity contribution >= 4 is 12.0 Å². The fourth-order valence-corrected chi connectivity index (χ4v) is 2.03. The molecule has 0 aromatic heterocycles. The van der Waals surface area contributed by atoms with Crippen LogP contribution in [0.1, 0.15) is 26.2 Å². The number of aliphatic carboxylic acids is 1. The van der Waals surface area contributed by atoms with Crippen LogP contribution in [0.5, 0.6) is 0 Å². The van der Waals surface area contributed by atoms with E-state index in [9.17, 15) is 9.59 Å². The molecule has 1 fully saturated rings. The van der Waals surface area contributed by atoms with E-state index in [1.54, 1.807) is 18.9 Å². The first-order valence-electron chi connectivity index (χ1n) is 6.08. The minimum Gasteiger partial charge on any atom is -0.481 e. The number of carboxylic acids is 1. The Morgan fingerprint density at radius 2 is 2.28 bits per heavy atom. The van der Waals surface area contributed by atoms with Gasteiger partial charge in [0.2, 0.25) is 0 Å².